The fraction of sp³-hybridized carbons (Fsp3) is 0.487. The van der Waals surface area contributed by atoms with Crippen molar-refractivity contribution in [3.63, 3.8) is 0 Å². The van der Waals surface area contributed by atoms with Crippen molar-refractivity contribution in [3.05, 3.63) is 142 Å². The molecule has 111 heavy (non-hydrogen) atoms. The van der Waals surface area contributed by atoms with E-state index in [4.69, 9.17) is 21.9 Å². The number of aliphatic hydroxyl groups excluding tert-OH is 3. The number of aryl methyl sites for hydroxylation is 4. The number of benzene rings is 4. The lowest BCUT2D eigenvalue weighted by Crippen LogP contribution is -2.67. The van der Waals surface area contributed by atoms with E-state index < -0.39 is 174 Å². The molecule has 20 N–H and O–H groups in total. The molecule has 0 aliphatic carbocycles. The number of unbranched alkanes of at least 4 members (excludes halogenated alkanes) is 1. The Kier molecular flexibility index (Phi) is 35.9. The number of aromatic amines is 1. The highest BCUT2D eigenvalue weighted by Crippen LogP contribution is 2.30. The molecule has 0 spiro atoms. The van der Waals surface area contributed by atoms with Crippen molar-refractivity contribution in [1.29, 1.82) is 0 Å². The summed E-state index contributed by atoms with van der Waals surface area (Å²) < 4.78 is 21.5. The van der Waals surface area contributed by atoms with Crippen molar-refractivity contribution in [3.8, 4) is 16.9 Å². The van der Waals surface area contributed by atoms with Crippen molar-refractivity contribution in [2.24, 2.45) is 28.5 Å². The van der Waals surface area contributed by atoms with E-state index in [1.807, 2.05) is 57.2 Å². The Labute approximate surface area is 643 Å². The molecule has 5 rings (SSSR count). The van der Waals surface area contributed by atoms with E-state index in [2.05, 4.69) is 57.8 Å². The number of rotatable bonds is 48. The van der Waals surface area contributed by atoms with Crippen molar-refractivity contribution < 1.29 is 91.9 Å². The topological polar surface area (TPSA) is 527 Å². The second kappa shape index (κ2) is 44.0. The second-order valence-electron chi connectivity index (χ2n) is 28.4. The Morgan fingerprint density at radius 3 is 1.86 bits per heavy atom. The zero-order chi connectivity index (χ0) is 82.3. The van der Waals surface area contributed by atoms with E-state index in [1.165, 1.54) is 38.4 Å². The van der Waals surface area contributed by atoms with Gasteiger partial charge in [-0.15, -0.1) is 0 Å². The number of ether oxygens (including phenoxy) is 1. The van der Waals surface area contributed by atoms with Gasteiger partial charge in [0.15, 0.2) is 0 Å². The summed E-state index contributed by atoms with van der Waals surface area (Å²) in [4.78, 5) is 184. The summed E-state index contributed by atoms with van der Waals surface area (Å²) in [5, 5.41) is 64.1. The number of nitrogens with zero attached hydrogens (tertiary/aromatic N) is 1. The number of carboxylic acids is 1. The molecule has 1 aromatic heterocycles. The van der Waals surface area contributed by atoms with Gasteiger partial charge in [-0.2, -0.15) is 0 Å². The predicted octanol–water partition coefficient (Wildman–Crippen LogP) is 0.551. The molecule has 0 fully saturated rings. The number of primary amides is 2. The highest BCUT2D eigenvalue weighted by atomic mass is 19.1. The molecule has 1 heterocycles. The van der Waals surface area contributed by atoms with E-state index in [9.17, 15) is 82.8 Å². The summed E-state index contributed by atoms with van der Waals surface area (Å²) in [6, 6.07) is 12.6. The molecule has 32 nitrogen and oxygen atoms in total. The van der Waals surface area contributed by atoms with Crippen LogP contribution in [0.1, 0.15) is 138 Å². The van der Waals surface area contributed by atoms with Gasteiger partial charge in [0, 0.05) is 56.5 Å². The fourth-order valence-electron chi connectivity index (χ4n) is 12.2. The number of nitrogens with one attached hydrogen (secondary N) is 10. The molecule has 0 saturated heterocycles. The lowest BCUT2D eigenvalue weighted by Gasteiger charge is -2.34. The Morgan fingerprint density at radius 2 is 1.26 bits per heavy atom. The van der Waals surface area contributed by atoms with Crippen LogP contribution in [0.3, 0.4) is 0 Å². The average Bonchev–Trinajstić information content (AvgIpc) is 0.868. The number of imidazole rings is 1. The van der Waals surface area contributed by atoms with E-state index in [-0.39, 0.29) is 50.6 Å². The smallest absolute Gasteiger partial charge is 0.305 e. The number of H-pyrrole nitrogens is 1. The van der Waals surface area contributed by atoms with Gasteiger partial charge in [0.25, 0.3) is 0 Å². The number of halogens is 1. The number of ketones is 1. The van der Waals surface area contributed by atoms with Gasteiger partial charge >= 0.3 is 5.97 Å². The maximum absolute atomic E-state index is 15.5. The Hall–Kier alpha value is -11.0. The highest BCUT2D eigenvalue weighted by Gasteiger charge is 2.43. The lowest BCUT2D eigenvalue weighted by molar-refractivity contribution is -0.142. The van der Waals surface area contributed by atoms with E-state index in [1.54, 1.807) is 30.5 Å². The van der Waals surface area contributed by atoms with Gasteiger partial charge < -0.3 is 95.2 Å². The number of amides is 11. The van der Waals surface area contributed by atoms with Crippen molar-refractivity contribution in [2.75, 3.05) is 32.8 Å². The molecule has 0 aliphatic rings. The molecule has 0 radical (unpaired) electrons. The van der Waals surface area contributed by atoms with Crippen LogP contribution in [0.2, 0.25) is 0 Å². The zero-order valence-electron chi connectivity index (χ0n) is 63.9. The highest BCUT2D eigenvalue weighted by molar-refractivity contribution is 6.05. The molecule has 0 saturated carbocycles. The van der Waals surface area contributed by atoms with Gasteiger partial charge in [0.05, 0.1) is 44.7 Å². The monoisotopic (exact) mass is 1550 g/mol. The van der Waals surface area contributed by atoms with Crippen LogP contribution in [0, 0.1) is 31.0 Å². The summed E-state index contributed by atoms with van der Waals surface area (Å²) in [5.41, 5.74) is 19.6. The first kappa shape index (κ1) is 90.6. The minimum atomic E-state index is -2.39. The number of aliphatic carboxylic acids is 1. The number of carbonyl (C=O) groups is 13. The number of aromatic nitrogens is 2. The predicted molar refractivity (Wildman–Crippen MR) is 406 cm³/mol. The SMILES string of the molecule is CCc1cc(OCCCCN)ccc1-c1ccc(C[C@H](NC(=O)[C@H](CC(=O)O)NC(=O)[C@H](CO)NC(=O)[C@@H](NC(=O)[C@](C)(Cc2ccccc2F)NC(=O)[C@@H](NC(=O)CNC(=O)[C@H](CCC(N)=O)CCC(=O)C(C)(C)C(=O)NCCc2cnc[nH]2)[C@@H](C)O)[C@@H](C)O)C(=O)N[C@@H](CCCc2cc(C)cc(C)c2)C(N)=O)cc1. The summed E-state index contributed by atoms with van der Waals surface area (Å²) >= 11 is 0. The lowest BCUT2D eigenvalue weighted by atomic mass is 9.82. The third-order valence-electron chi connectivity index (χ3n) is 18.7. The third kappa shape index (κ3) is 29.1. The molecule has 10 atom stereocenters. The fourth-order valence-corrected chi connectivity index (χ4v) is 12.2. The van der Waals surface area contributed by atoms with Crippen LogP contribution in [0.4, 0.5) is 4.39 Å². The molecular weight excluding hydrogens is 1440 g/mol. The van der Waals surface area contributed by atoms with Crippen LogP contribution in [0.15, 0.2) is 97.5 Å². The number of Topliss-reactive ketones (excluding diaryl/α,β-unsaturated/α-hetero) is 1. The number of nitrogens with two attached hydrogens (primary N) is 3. The molecule has 11 amide bonds. The molecule has 0 aliphatic heterocycles. The maximum Gasteiger partial charge on any atom is 0.305 e. The van der Waals surface area contributed by atoms with Crippen LogP contribution < -0.4 is 69.8 Å². The van der Waals surface area contributed by atoms with Crippen LogP contribution >= 0.6 is 0 Å². The van der Waals surface area contributed by atoms with Crippen molar-refractivity contribution in [2.45, 2.75) is 199 Å². The number of aliphatic hydroxyl groups is 3. The Balaban J connectivity index is 1.33. The Morgan fingerprint density at radius 1 is 0.640 bits per heavy atom. The van der Waals surface area contributed by atoms with Crippen LogP contribution in [0.25, 0.3) is 11.1 Å². The minimum Gasteiger partial charge on any atom is -0.494 e. The van der Waals surface area contributed by atoms with Crippen LogP contribution in [0.5, 0.6) is 5.75 Å². The zero-order valence-corrected chi connectivity index (χ0v) is 63.9. The van der Waals surface area contributed by atoms with Gasteiger partial charge in [0.1, 0.15) is 64.6 Å². The standard InChI is InChI=1S/C78H107FN14O18/c1-9-50-37-55(111-32-13-12-30-80)25-26-56(50)51-21-19-48(20-22-51)36-59(70(104)87-58(68(82)102)18-14-15-49-34-44(2)33-45(3)35-49)88-71(105)60(38-65(100)101)89-72(106)61(42-94)90-73(107)66(46(4)95)92-76(110)78(8,39-53-16-10-11-17-57(53)79)93-74(108)67(47(5)96)91-64(99)41-85-69(103)52(24-28-63(81)98)23-27-62(97)77(6,7)75(109)84-31-29-54-40-83-43-86-54/h10-11,16-17,19-22,25-26,33-35,37,40,43,46-47,52,58-61,66-67,94-96H,9,12-15,18,23-24,27-32,36,38-39,41-42,80H2,1-8H3,(H2,81,98)(H2,82,102)(H,83,86)(H,84,109)(H,85,103)(H,87,104)(H,88,105)(H,89,106)(H,90,107)(H,91,99)(H,92,110)(H,93,108)(H,100,101)/t46-,47-,52+,58+,59+,60+,61+,66+,67+,78+/m1/s1. The van der Waals surface area contributed by atoms with E-state index in [0.29, 0.717) is 50.1 Å². The number of hydrogen-bond acceptors (Lipinski definition) is 19. The number of carbonyl (C=O) groups excluding carboxylic acids is 12. The van der Waals surface area contributed by atoms with Crippen LogP contribution in [-0.2, 0) is 94.4 Å². The minimum absolute atomic E-state index is 0.0769. The molecule has 4 aromatic carbocycles. The molecular formula is C78H107FN14O18. The first-order chi connectivity index (χ1) is 52.5. The van der Waals surface area contributed by atoms with Gasteiger partial charge in [-0.05, 0) is 158 Å². The van der Waals surface area contributed by atoms with Gasteiger partial charge in [-0.3, -0.25) is 62.3 Å². The molecule has 0 bridgehead atoms. The number of hydrogen-bond donors (Lipinski definition) is 17. The second-order valence-corrected chi connectivity index (χ2v) is 28.4. The van der Waals surface area contributed by atoms with E-state index in [0.717, 1.165) is 78.8 Å². The molecule has 604 valence electrons. The van der Waals surface area contributed by atoms with Gasteiger partial charge in [0.2, 0.25) is 65.0 Å². The first-order valence-electron chi connectivity index (χ1n) is 36.8. The summed E-state index contributed by atoms with van der Waals surface area (Å²) in [7, 11) is 0. The van der Waals surface area contributed by atoms with Gasteiger partial charge in [-0.25, -0.2) is 9.37 Å². The Bertz CT molecular complexity index is 4020. The molecule has 0 unspecified atom stereocenters. The first-order valence-corrected chi connectivity index (χ1v) is 36.8. The largest absolute Gasteiger partial charge is 0.494 e. The number of carboxylic acid groups (broad SMARTS) is 1. The summed E-state index contributed by atoms with van der Waals surface area (Å²) in [5.74, 6) is -15.3. The third-order valence-corrected chi connectivity index (χ3v) is 18.7. The average molecular weight is 1550 g/mol. The van der Waals surface area contributed by atoms with Crippen LogP contribution in [-0.4, -0.2) is 194 Å². The summed E-state index contributed by atoms with van der Waals surface area (Å²) in [6.07, 6.45) is -0.107. The normalized spacial score (nSPS) is 14.3. The quantitative estimate of drug-likeness (QED) is 0.0187. The van der Waals surface area contributed by atoms with Gasteiger partial charge in [-0.1, -0.05) is 84.8 Å². The van der Waals surface area contributed by atoms with Crippen molar-refractivity contribution >= 4 is 76.7 Å². The maximum atomic E-state index is 15.5. The summed E-state index contributed by atoms with van der Waals surface area (Å²) in [6.45, 7) is 10.9. The van der Waals surface area contributed by atoms with E-state index >= 15 is 4.39 Å². The van der Waals surface area contributed by atoms with Crippen molar-refractivity contribution in [1.82, 2.24) is 57.8 Å². The molecule has 33 heteroatoms. The molecule has 5 aromatic rings.